The average Bonchev–Trinajstić information content (AvgIpc) is 2.75. The van der Waals surface area contributed by atoms with Crippen molar-refractivity contribution in [1.82, 2.24) is 10.2 Å². The van der Waals surface area contributed by atoms with E-state index in [1.807, 2.05) is 19.0 Å². The van der Waals surface area contributed by atoms with Crippen LogP contribution in [0.1, 0.15) is 6.42 Å². The Hall–Kier alpha value is -2.78. The van der Waals surface area contributed by atoms with E-state index in [1.165, 1.54) is 26.4 Å². The second-order valence-corrected chi connectivity index (χ2v) is 8.73. The second-order valence-electron chi connectivity index (χ2n) is 6.87. The molecule has 2 aromatic rings. The normalized spacial score (nSPS) is 11.2. The molecule has 2 aromatic carbocycles. The number of ether oxygens (including phenoxy) is 2. The zero-order valence-corrected chi connectivity index (χ0v) is 18.6. The van der Waals surface area contributed by atoms with Crippen LogP contribution >= 0.6 is 0 Å². The van der Waals surface area contributed by atoms with Gasteiger partial charge in [0.25, 0.3) is 10.0 Å². The highest BCUT2D eigenvalue weighted by atomic mass is 32.2. The number of nitrogens with one attached hydrogen (secondary N) is 1. The molecule has 0 spiro atoms. The summed E-state index contributed by atoms with van der Waals surface area (Å²) in [5.41, 5.74) is 0.306. The molecule has 0 aliphatic rings. The van der Waals surface area contributed by atoms with Gasteiger partial charge in [-0.25, -0.2) is 8.42 Å². The molecule has 8 nitrogen and oxygen atoms in total. The summed E-state index contributed by atoms with van der Waals surface area (Å²) in [6.07, 6.45) is 0.764. The van der Waals surface area contributed by atoms with Crippen LogP contribution in [0.3, 0.4) is 0 Å². The van der Waals surface area contributed by atoms with Gasteiger partial charge in [0.2, 0.25) is 5.91 Å². The Morgan fingerprint density at radius 1 is 1.00 bits per heavy atom. The van der Waals surface area contributed by atoms with Crippen LogP contribution in [0.15, 0.2) is 53.4 Å². The van der Waals surface area contributed by atoms with Crippen LogP contribution < -0.4 is 19.1 Å². The molecule has 0 aliphatic heterocycles. The molecule has 164 valence electrons. The first-order valence-corrected chi connectivity index (χ1v) is 10.9. The van der Waals surface area contributed by atoms with E-state index in [0.29, 0.717) is 23.7 Å². The number of hydrogen-bond donors (Lipinski definition) is 1. The molecule has 0 atom stereocenters. The number of carbonyl (C=O) groups is 1. The summed E-state index contributed by atoms with van der Waals surface area (Å²) >= 11 is 0. The fourth-order valence-electron chi connectivity index (χ4n) is 2.82. The maximum absolute atomic E-state index is 13.3. The first-order valence-electron chi connectivity index (χ1n) is 9.51. The summed E-state index contributed by atoms with van der Waals surface area (Å²) in [6, 6.07) is 12.7. The lowest BCUT2D eigenvalue weighted by Crippen LogP contribution is -2.41. The number of nitrogens with zero attached hydrogens (tertiary/aromatic N) is 2. The van der Waals surface area contributed by atoms with Gasteiger partial charge in [0.1, 0.15) is 6.54 Å². The van der Waals surface area contributed by atoms with Crippen molar-refractivity contribution >= 4 is 21.6 Å². The first kappa shape index (κ1) is 23.5. The number of sulfonamides is 1. The van der Waals surface area contributed by atoms with Gasteiger partial charge in [0.05, 0.1) is 24.8 Å². The largest absolute Gasteiger partial charge is 0.493 e. The number of rotatable bonds is 11. The molecule has 0 saturated heterocycles. The molecular formula is C21H29N3O5S. The maximum atomic E-state index is 13.3. The Labute approximate surface area is 178 Å². The molecule has 2 rings (SSSR count). The summed E-state index contributed by atoms with van der Waals surface area (Å²) in [5, 5.41) is 2.79. The summed E-state index contributed by atoms with van der Waals surface area (Å²) in [4.78, 5) is 14.7. The van der Waals surface area contributed by atoms with Gasteiger partial charge in [-0.1, -0.05) is 18.2 Å². The van der Waals surface area contributed by atoms with E-state index in [0.717, 1.165) is 17.3 Å². The molecule has 0 aromatic heterocycles. The molecule has 0 radical (unpaired) electrons. The van der Waals surface area contributed by atoms with Crippen LogP contribution in [-0.4, -0.2) is 67.2 Å². The Kier molecular flexibility index (Phi) is 8.49. The molecule has 1 amide bonds. The highest BCUT2D eigenvalue weighted by molar-refractivity contribution is 7.92. The fourth-order valence-corrected chi connectivity index (χ4v) is 4.26. The molecule has 0 bridgehead atoms. The predicted molar refractivity (Wildman–Crippen MR) is 117 cm³/mol. The molecule has 0 heterocycles. The Bertz CT molecular complexity index is 933. The summed E-state index contributed by atoms with van der Waals surface area (Å²) in [6.45, 7) is 0.929. The van der Waals surface area contributed by atoms with E-state index in [1.54, 1.807) is 36.4 Å². The van der Waals surface area contributed by atoms with Crippen LogP contribution in [0.2, 0.25) is 0 Å². The molecule has 0 fully saturated rings. The molecule has 0 saturated carbocycles. The van der Waals surface area contributed by atoms with E-state index in [4.69, 9.17) is 9.47 Å². The zero-order valence-electron chi connectivity index (χ0n) is 17.8. The number of benzene rings is 2. The van der Waals surface area contributed by atoms with E-state index in [2.05, 4.69) is 5.32 Å². The predicted octanol–water partition coefficient (Wildman–Crippen LogP) is 1.97. The lowest BCUT2D eigenvalue weighted by atomic mass is 10.2. The van der Waals surface area contributed by atoms with Crippen molar-refractivity contribution in [2.24, 2.45) is 0 Å². The molecular weight excluding hydrogens is 406 g/mol. The Balaban J connectivity index is 2.33. The lowest BCUT2D eigenvalue weighted by molar-refractivity contribution is -0.119. The summed E-state index contributed by atoms with van der Waals surface area (Å²) in [5.74, 6) is 0.448. The third kappa shape index (κ3) is 6.11. The minimum atomic E-state index is -3.97. The third-order valence-corrected chi connectivity index (χ3v) is 6.17. The van der Waals surface area contributed by atoms with Gasteiger partial charge in [0.15, 0.2) is 11.5 Å². The maximum Gasteiger partial charge on any atom is 0.264 e. The van der Waals surface area contributed by atoms with Gasteiger partial charge in [-0.05, 0) is 51.3 Å². The van der Waals surface area contributed by atoms with E-state index < -0.39 is 10.0 Å². The zero-order chi connectivity index (χ0) is 22.1. The van der Waals surface area contributed by atoms with E-state index in [9.17, 15) is 13.2 Å². The molecule has 0 unspecified atom stereocenters. The van der Waals surface area contributed by atoms with Gasteiger partial charge < -0.3 is 19.7 Å². The quantitative estimate of drug-likeness (QED) is 0.543. The van der Waals surface area contributed by atoms with Gasteiger partial charge in [0, 0.05) is 12.6 Å². The second kappa shape index (κ2) is 10.8. The highest BCUT2D eigenvalue weighted by Gasteiger charge is 2.27. The number of amides is 1. The minimum Gasteiger partial charge on any atom is -0.493 e. The minimum absolute atomic E-state index is 0.0974. The van der Waals surface area contributed by atoms with Crippen molar-refractivity contribution in [3.05, 3.63) is 48.5 Å². The molecule has 30 heavy (non-hydrogen) atoms. The number of carbonyl (C=O) groups excluding carboxylic acids is 1. The van der Waals surface area contributed by atoms with Gasteiger partial charge in [-0.15, -0.1) is 0 Å². The van der Waals surface area contributed by atoms with Crippen LogP contribution in [-0.2, 0) is 14.8 Å². The monoisotopic (exact) mass is 435 g/mol. The Morgan fingerprint density at radius 3 is 2.27 bits per heavy atom. The van der Waals surface area contributed by atoms with Gasteiger partial charge >= 0.3 is 0 Å². The van der Waals surface area contributed by atoms with Crippen LogP contribution in [0.5, 0.6) is 11.5 Å². The lowest BCUT2D eigenvalue weighted by Gasteiger charge is -2.25. The topological polar surface area (TPSA) is 88.2 Å². The van der Waals surface area contributed by atoms with Crippen molar-refractivity contribution in [2.45, 2.75) is 11.3 Å². The summed E-state index contributed by atoms with van der Waals surface area (Å²) < 4.78 is 38.2. The van der Waals surface area contributed by atoms with Crippen LogP contribution in [0.25, 0.3) is 0 Å². The SMILES string of the molecule is COc1ccc(N(CC(=O)NCCCN(C)C)S(=O)(=O)c2ccccc2)cc1OC. The van der Waals surface area contributed by atoms with E-state index in [-0.39, 0.29) is 17.3 Å². The Morgan fingerprint density at radius 2 is 1.67 bits per heavy atom. The number of methoxy groups -OCH3 is 2. The van der Waals surface area contributed by atoms with Gasteiger partial charge in [-0.3, -0.25) is 9.10 Å². The van der Waals surface area contributed by atoms with E-state index >= 15 is 0 Å². The van der Waals surface area contributed by atoms with Crippen molar-refractivity contribution in [3.63, 3.8) is 0 Å². The van der Waals surface area contributed by atoms with Crippen molar-refractivity contribution in [3.8, 4) is 11.5 Å². The standard InChI is InChI=1S/C21H29N3O5S/c1-23(2)14-8-13-22-21(25)16-24(30(26,27)18-9-6-5-7-10-18)17-11-12-19(28-3)20(15-17)29-4/h5-7,9-12,15H,8,13-14,16H2,1-4H3,(H,22,25). The number of anilines is 1. The van der Waals surface area contributed by atoms with Crippen molar-refractivity contribution in [2.75, 3.05) is 52.3 Å². The highest BCUT2D eigenvalue weighted by Crippen LogP contribution is 2.33. The number of hydrogen-bond acceptors (Lipinski definition) is 6. The molecule has 0 aliphatic carbocycles. The van der Waals surface area contributed by atoms with Crippen molar-refractivity contribution < 1.29 is 22.7 Å². The van der Waals surface area contributed by atoms with Crippen LogP contribution in [0.4, 0.5) is 5.69 Å². The van der Waals surface area contributed by atoms with Gasteiger partial charge in [-0.2, -0.15) is 0 Å². The third-order valence-electron chi connectivity index (χ3n) is 4.38. The fraction of sp³-hybridized carbons (Fsp3) is 0.381. The average molecular weight is 436 g/mol. The molecule has 1 N–H and O–H groups in total. The van der Waals surface area contributed by atoms with Crippen molar-refractivity contribution in [1.29, 1.82) is 0 Å². The summed E-state index contributed by atoms with van der Waals surface area (Å²) in [7, 11) is 2.90. The van der Waals surface area contributed by atoms with Crippen LogP contribution in [0, 0.1) is 0 Å². The smallest absolute Gasteiger partial charge is 0.264 e. The molecule has 9 heteroatoms. The first-order chi connectivity index (χ1) is 14.3.